The van der Waals surface area contributed by atoms with E-state index in [9.17, 15) is 4.79 Å². The lowest BCUT2D eigenvalue weighted by molar-refractivity contribution is 0.0698. The first-order valence-corrected chi connectivity index (χ1v) is 5.94. The van der Waals surface area contributed by atoms with Crippen LogP contribution >= 0.6 is 11.3 Å². The number of nitrogens with one attached hydrogen (secondary N) is 1. The molecular formula is C12H12N2O2S. The van der Waals surface area contributed by atoms with Crippen LogP contribution in [0.2, 0.25) is 0 Å². The first kappa shape index (κ1) is 11.5. The Labute approximate surface area is 103 Å². The molecule has 0 saturated carbocycles. The van der Waals surface area contributed by atoms with Crippen molar-refractivity contribution in [3.8, 4) is 0 Å². The van der Waals surface area contributed by atoms with Crippen molar-refractivity contribution in [2.24, 2.45) is 0 Å². The maximum absolute atomic E-state index is 10.8. The van der Waals surface area contributed by atoms with E-state index in [-0.39, 0.29) is 11.3 Å². The predicted octanol–water partition coefficient (Wildman–Crippen LogP) is 2.64. The molecule has 0 unspecified atom stereocenters. The summed E-state index contributed by atoms with van der Waals surface area (Å²) in [6.45, 7) is 0.712. The van der Waals surface area contributed by atoms with Gasteiger partial charge in [-0.2, -0.15) is 0 Å². The van der Waals surface area contributed by atoms with Gasteiger partial charge < -0.3 is 16.2 Å². The summed E-state index contributed by atoms with van der Waals surface area (Å²) in [6.07, 6.45) is 0. The number of nitrogens with two attached hydrogens (primary N) is 1. The zero-order valence-electron chi connectivity index (χ0n) is 9.01. The second kappa shape index (κ2) is 4.88. The largest absolute Gasteiger partial charge is 0.478 e. The summed E-state index contributed by atoms with van der Waals surface area (Å²) in [4.78, 5) is 12.0. The fourth-order valence-electron chi connectivity index (χ4n) is 1.47. The topological polar surface area (TPSA) is 75.3 Å². The number of hydrogen-bond donors (Lipinski definition) is 3. The third-order valence-corrected chi connectivity index (χ3v) is 3.21. The highest BCUT2D eigenvalue weighted by atomic mass is 32.1. The molecule has 5 heteroatoms. The van der Waals surface area contributed by atoms with Gasteiger partial charge in [-0.05, 0) is 29.6 Å². The molecule has 0 aliphatic carbocycles. The maximum atomic E-state index is 10.8. The van der Waals surface area contributed by atoms with Gasteiger partial charge in [0, 0.05) is 22.8 Å². The van der Waals surface area contributed by atoms with Crippen molar-refractivity contribution in [3.63, 3.8) is 0 Å². The molecule has 0 fully saturated rings. The summed E-state index contributed by atoms with van der Waals surface area (Å²) in [6, 6.07) is 8.88. The van der Waals surface area contributed by atoms with Gasteiger partial charge in [-0.15, -0.1) is 11.3 Å². The van der Waals surface area contributed by atoms with E-state index in [2.05, 4.69) is 5.32 Å². The number of hydrogen-bond acceptors (Lipinski definition) is 4. The fourth-order valence-corrected chi connectivity index (χ4v) is 2.11. The van der Waals surface area contributed by atoms with E-state index in [1.54, 1.807) is 23.5 Å². The SMILES string of the molecule is Nc1cc(NCc2cccs2)ccc1C(=O)O. The van der Waals surface area contributed by atoms with E-state index in [0.717, 1.165) is 5.69 Å². The number of benzene rings is 1. The third kappa shape index (κ3) is 2.76. The molecule has 0 radical (unpaired) electrons. The molecule has 2 aromatic rings. The number of anilines is 2. The Balaban J connectivity index is 2.07. The Kier molecular flexibility index (Phi) is 3.30. The third-order valence-electron chi connectivity index (χ3n) is 2.33. The molecule has 17 heavy (non-hydrogen) atoms. The second-order valence-corrected chi connectivity index (χ2v) is 4.57. The molecule has 4 nitrogen and oxygen atoms in total. The number of aromatic carboxylic acids is 1. The molecule has 88 valence electrons. The minimum atomic E-state index is -1.01. The van der Waals surface area contributed by atoms with Gasteiger partial charge >= 0.3 is 5.97 Å². The second-order valence-electron chi connectivity index (χ2n) is 3.54. The average Bonchev–Trinajstić information content (AvgIpc) is 2.78. The molecule has 0 amide bonds. The van der Waals surface area contributed by atoms with E-state index in [1.165, 1.54) is 10.9 Å². The molecule has 0 bridgehead atoms. The molecule has 2 rings (SSSR count). The number of carboxylic acids is 1. The van der Waals surface area contributed by atoms with E-state index in [0.29, 0.717) is 6.54 Å². The van der Waals surface area contributed by atoms with Gasteiger partial charge in [0.25, 0.3) is 0 Å². The minimum absolute atomic E-state index is 0.131. The van der Waals surface area contributed by atoms with E-state index >= 15 is 0 Å². The van der Waals surface area contributed by atoms with Crippen molar-refractivity contribution in [2.75, 3.05) is 11.1 Å². The van der Waals surface area contributed by atoms with E-state index in [4.69, 9.17) is 10.8 Å². The van der Waals surface area contributed by atoms with Crippen molar-refractivity contribution in [1.82, 2.24) is 0 Å². The molecule has 0 atom stereocenters. The first-order valence-electron chi connectivity index (χ1n) is 5.06. The molecular weight excluding hydrogens is 236 g/mol. The highest BCUT2D eigenvalue weighted by molar-refractivity contribution is 7.09. The molecule has 0 spiro atoms. The van der Waals surface area contributed by atoms with Gasteiger partial charge in [-0.3, -0.25) is 0 Å². The average molecular weight is 248 g/mol. The normalized spacial score (nSPS) is 10.1. The molecule has 0 aliphatic rings. The molecule has 1 aromatic heterocycles. The fraction of sp³-hybridized carbons (Fsp3) is 0.0833. The number of nitrogen functional groups attached to an aromatic ring is 1. The van der Waals surface area contributed by atoms with Crippen LogP contribution < -0.4 is 11.1 Å². The predicted molar refractivity (Wildman–Crippen MR) is 69.5 cm³/mol. The van der Waals surface area contributed by atoms with Gasteiger partial charge in [0.05, 0.1) is 5.56 Å². The van der Waals surface area contributed by atoms with Crippen molar-refractivity contribution in [3.05, 3.63) is 46.2 Å². The molecule has 1 aromatic carbocycles. The van der Waals surface area contributed by atoms with Crippen molar-refractivity contribution in [2.45, 2.75) is 6.54 Å². The van der Waals surface area contributed by atoms with Crippen LogP contribution in [-0.2, 0) is 6.54 Å². The van der Waals surface area contributed by atoms with Crippen molar-refractivity contribution < 1.29 is 9.90 Å². The van der Waals surface area contributed by atoms with E-state index in [1.807, 2.05) is 17.5 Å². The van der Waals surface area contributed by atoms with Crippen LogP contribution in [0, 0.1) is 0 Å². The molecule has 1 heterocycles. The Morgan fingerprint density at radius 2 is 2.24 bits per heavy atom. The van der Waals surface area contributed by atoms with Crippen LogP contribution in [0.1, 0.15) is 15.2 Å². The van der Waals surface area contributed by atoms with Gasteiger partial charge in [0.1, 0.15) is 0 Å². The number of carboxylic acid groups (broad SMARTS) is 1. The van der Waals surface area contributed by atoms with Crippen LogP contribution in [0.15, 0.2) is 35.7 Å². The minimum Gasteiger partial charge on any atom is -0.478 e. The highest BCUT2D eigenvalue weighted by Crippen LogP contribution is 2.19. The maximum Gasteiger partial charge on any atom is 0.337 e. The van der Waals surface area contributed by atoms with Crippen LogP contribution in [0.25, 0.3) is 0 Å². The van der Waals surface area contributed by atoms with E-state index < -0.39 is 5.97 Å². The van der Waals surface area contributed by atoms with Crippen LogP contribution in [0.5, 0.6) is 0 Å². The Bertz CT molecular complexity index is 523. The number of rotatable bonds is 4. The highest BCUT2D eigenvalue weighted by Gasteiger charge is 2.07. The van der Waals surface area contributed by atoms with Crippen LogP contribution in [0.4, 0.5) is 11.4 Å². The summed E-state index contributed by atoms with van der Waals surface area (Å²) in [5, 5.41) is 14.0. The molecule has 4 N–H and O–H groups in total. The summed E-state index contributed by atoms with van der Waals surface area (Å²) >= 11 is 1.67. The van der Waals surface area contributed by atoms with Gasteiger partial charge in [0.15, 0.2) is 0 Å². The summed E-state index contributed by atoms with van der Waals surface area (Å²) in [5.41, 5.74) is 6.88. The lowest BCUT2D eigenvalue weighted by atomic mass is 10.1. The Morgan fingerprint density at radius 1 is 1.41 bits per heavy atom. The summed E-state index contributed by atoms with van der Waals surface area (Å²) in [7, 11) is 0. The Hall–Kier alpha value is -2.01. The Morgan fingerprint density at radius 3 is 2.82 bits per heavy atom. The monoisotopic (exact) mass is 248 g/mol. The summed E-state index contributed by atoms with van der Waals surface area (Å²) < 4.78 is 0. The zero-order valence-corrected chi connectivity index (χ0v) is 9.83. The molecule has 0 saturated heterocycles. The van der Waals surface area contributed by atoms with Crippen molar-refractivity contribution >= 4 is 28.7 Å². The zero-order chi connectivity index (χ0) is 12.3. The van der Waals surface area contributed by atoms with Gasteiger partial charge in [-0.25, -0.2) is 4.79 Å². The molecule has 0 aliphatic heterocycles. The van der Waals surface area contributed by atoms with Crippen LogP contribution in [-0.4, -0.2) is 11.1 Å². The van der Waals surface area contributed by atoms with Gasteiger partial charge in [-0.1, -0.05) is 6.07 Å². The summed E-state index contributed by atoms with van der Waals surface area (Å²) in [5.74, 6) is -1.01. The smallest absolute Gasteiger partial charge is 0.337 e. The lowest BCUT2D eigenvalue weighted by Crippen LogP contribution is -2.04. The first-order chi connectivity index (χ1) is 8.16. The lowest BCUT2D eigenvalue weighted by Gasteiger charge is -2.07. The van der Waals surface area contributed by atoms with Crippen molar-refractivity contribution in [1.29, 1.82) is 0 Å². The van der Waals surface area contributed by atoms with Crippen LogP contribution in [0.3, 0.4) is 0 Å². The van der Waals surface area contributed by atoms with Gasteiger partial charge in [0.2, 0.25) is 0 Å². The number of carbonyl (C=O) groups is 1. The quantitative estimate of drug-likeness (QED) is 0.727. The number of thiophene rings is 1. The standard InChI is InChI=1S/C12H12N2O2S/c13-11-6-8(3-4-10(11)12(15)16)14-7-9-2-1-5-17-9/h1-6,14H,7,13H2,(H,15,16).